The quantitative estimate of drug-likeness (QED) is 0.611. The Morgan fingerprint density at radius 2 is 2.00 bits per heavy atom. The number of hydrogen-bond acceptors (Lipinski definition) is 6. The molecule has 1 aromatic carbocycles. The van der Waals surface area contributed by atoms with E-state index in [1.807, 2.05) is 0 Å². The lowest BCUT2D eigenvalue weighted by atomic mass is 10.0. The van der Waals surface area contributed by atoms with Crippen molar-refractivity contribution in [3.8, 4) is 5.75 Å². The van der Waals surface area contributed by atoms with Crippen molar-refractivity contribution in [2.75, 3.05) is 7.11 Å². The normalized spacial score (nSPS) is 12.8. The minimum Gasteiger partial charge on any atom is -0.496 e. The summed E-state index contributed by atoms with van der Waals surface area (Å²) in [6, 6.07) is 6.59. The molecule has 1 atom stereocenters. The van der Waals surface area contributed by atoms with Crippen LogP contribution in [0.2, 0.25) is 0 Å². The third-order valence-electron chi connectivity index (χ3n) is 2.48. The van der Waals surface area contributed by atoms with Gasteiger partial charge in [-0.2, -0.15) is 4.89 Å². The largest absolute Gasteiger partial charge is 0.496 e. The third kappa shape index (κ3) is 5.16. The molecule has 0 saturated heterocycles. The summed E-state index contributed by atoms with van der Waals surface area (Å²) in [7, 11) is 1.45. The second kappa shape index (κ2) is 7.23. The molecule has 0 bridgehead atoms. The maximum atomic E-state index is 11.8. The maximum Gasteiger partial charge on any atom is 0.380 e. The molecule has 0 spiro atoms. The lowest BCUT2D eigenvalue weighted by Gasteiger charge is -2.23. The van der Waals surface area contributed by atoms with Crippen LogP contribution in [0.5, 0.6) is 5.75 Å². The van der Waals surface area contributed by atoms with Crippen molar-refractivity contribution in [3.05, 3.63) is 29.8 Å². The molecular weight excluding hydrogens is 264 g/mol. The van der Waals surface area contributed by atoms with Gasteiger partial charge in [0.05, 0.1) is 13.2 Å². The molecule has 1 rings (SSSR count). The topological polar surface area (TPSA) is 74.2 Å². The van der Waals surface area contributed by atoms with E-state index in [1.54, 1.807) is 45.0 Å². The molecule has 0 amide bonds. The van der Waals surface area contributed by atoms with E-state index in [0.29, 0.717) is 12.2 Å². The Balaban J connectivity index is 2.52. The van der Waals surface area contributed by atoms with Crippen molar-refractivity contribution in [3.63, 3.8) is 0 Å². The van der Waals surface area contributed by atoms with Gasteiger partial charge in [-0.15, -0.1) is 0 Å². The van der Waals surface area contributed by atoms with Crippen LogP contribution in [-0.4, -0.2) is 29.9 Å². The van der Waals surface area contributed by atoms with Crippen molar-refractivity contribution < 1.29 is 29.5 Å². The van der Waals surface area contributed by atoms with Gasteiger partial charge in [0.25, 0.3) is 0 Å². The number of aliphatic hydroxyl groups excluding tert-OH is 1. The number of carbonyl (C=O) groups is 1. The van der Waals surface area contributed by atoms with Crippen LogP contribution in [0, 0.1) is 0 Å². The Labute approximate surface area is 118 Å². The summed E-state index contributed by atoms with van der Waals surface area (Å²) in [5.41, 5.74) is -0.554. The summed E-state index contributed by atoms with van der Waals surface area (Å²) in [6.45, 7) is 5.04. The first kappa shape index (κ1) is 16.4. The Hall–Kier alpha value is -1.63. The predicted molar refractivity (Wildman–Crippen MR) is 71.0 cm³/mol. The summed E-state index contributed by atoms with van der Waals surface area (Å²) in [4.78, 5) is 21.3. The second-order valence-corrected chi connectivity index (χ2v) is 5.04. The predicted octanol–water partition coefficient (Wildman–Crippen LogP) is 2.26. The van der Waals surface area contributed by atoms with Crippen molar-refractivity contribution in [1.29, 1.82) is 0 Å². The lowest BCUT2D eigenvalue weighted by Crippen LogP contribution is -2.29. The van der Waals surface area contributed by atoms with E-state index in [1.165, 1.54) is 7.11 Å². The smallest absolute Gasteiger partial charge is 0.380 e. The average Bonchev–Trinajstić information content (AvgIpc) is 2.36. The lowest BCUT2D eigenvalue weighted by molar-refractivity contribution is -0.513. The Bertz CT molecular complexity index is 441. The van der Waals surface area contributed by atoms with Crippen LogP contribution in [0.15, 0.2) is 24.3 Å². The van der Waals surface area contributed by atoms with E-state index in [2.05, 4.69) is 9.93 Å². The Kier molecular flexibility index (Phi) is 5.94. The molecule has 0 heterocycles. The SMILES string of the molecule is COc1ccccc1C(=O)OOOC(C)(C)CC(C)O. The van der Waals surface area contributed by atoms with E-state index >= 15 is 0 Å². The molecule has 1 N–H and O–H groups in total. The fourth-order valence-electron chi connectivity index (χ4n) is 1.74. The van der Waals surface area contributed by atoms with Crippen molar-refractivity contribution in [1.82, 2.24) is 0 Å². The van der Waals surface area contributed by atoms with Gasteiger partial charge in [0, 0.05) is 6.42 Å². The third-order valence-corrected chi connectivity index (χ3v) is 2.48. The highest BCUT2D eigenvalue weighted by Gasteiger charge is 2.24. The number of aliphatic hydroxyl groups is 1. The molecule has 0 aliphatic heterocycles. The van der Waals surface area contributed by atoms with E-state index in [-0.39, 0.29) is 5.56 Å². The number of ether oxygens (including phenoxy) is 1. The maximum absolute atomic E-state index is 11.8. The first-order valence-electron chi connectivity index (χ1n) is 6.23. The summed E-state index contributed by atoms with van der Waals surface area (Å²) >= 11 is 0. The number of para-hydroxylation sites is 1. The molecule has 0 aliphatic carbocycles. The minimum atomic E-state index is -0.783. The van der Waals surface area contributed by atoms with Crippen LogP contribution in [0.3, 0.4) is 0 Å². The van der Waals surface area contributed by atoms with Crippen LogP contribution in [0.25, 0.3) is 0 Å². The minimum absolute atomic E-state index is 0.229. The Morgan fingerprint density at radius 1 is 1.35 bits per heavy atom. The van der Waals surface area contributed by atoms with Gasteiger partial charge in [0.2, 0.25) is 0 Å². The molecule has 0 saturated carbocycles. The highest BCUT2D eigenvalue weighted by Crippen LogP contribution is 2.20. The summed E-state index contributed by atoms with van der Waals surface area (Å²) in [5, 5.41) is 13.8. The molecule has 1 aromatic rings. The first-order valence-corrected chi connectivity index (χ1v) is 6.23. The summed E-state index contributed by atoms with van der Waals surface area (Å²) in [5.74, 6) is -0.348. The fourth-order valence-corrected chi connectivity index (χ4v) is 1.74. The molecule has 0 aromatic heterocycles. The molecule has 0 fully saturated rings. The standard InChI is InChI=1S/C14H20O6/c1-10(15)9-14(2,3)19-20-18-13(16)11-7-5-6-8-12(11)17-4/h5-8,10,15H,9H2,1-4H3. The molecule has 0 aliphatic rings. The van der Waals surface area contributed by atoms with Gasteiger partial charge < -0.3 is 9.84 Å². The van der Waals surface area contributed by atoms with Crippen molar-refractivity contribution in [2.24, 2.45) is 0 Å². The van der Waals surface area contributed by atoms with E-state index < -0.39 is 17.7 Å². The van der Waals surface area contributed by atoms with Crippen molar-refractivity contribution >= 4 is 5.97 Å². The molecule has 6 nitrogen and oxygen atoms in total. The van der Waals surface area contributed by atoms with E-state index in [0.717, 1.165) is 0 Å². The van der Waals surface area contributed by atoms with Crippen LogP contribution in [0.1, 0.15) is 37.6 Å². The molecule has 112 valence electrons. The zero-order valence-corrected chi connectivity index (χ0v) is 12.1. The van der Waals surface area contributed by atoms with Gasteiger partial charge in [0.1, 0.15) is 16.9 Å². The van der Waals surface area contributed by atoms with Gasteiger partial charge in [-0.1, -0.05) is 12.1 Å². The number of hydrogen-bond donors (Lipinski definition) is 1. The monoisotopic (exact) mass is 284 g/mol. The zero-order chi connectivity index (χ0) is 15.2. The number of carbonyl (C=O) groups excluding carboxylic acids is 1. The van der Waals surface area contributed by atoms with Gasteiger partial charge in [-0.25, -0.2) is 4.79 Å². The van der Waals surface area contributed by atoms with E-state index in [4.69, 9.17) is 9.62 Å². The van der Waals surface area contributed by atoms with Gasteiger partial charge in [-0.05, 0) is 37.9 Å². The average molecular weight is 284 g/mol. The van der Waals surface area contributed by atoms with Crippen molar-refractivity contribution in [2.45, 2.75) is 38.9 Å². The molecule has 20 heavy (non-hydrogen) atoms. The second-order valence-electron chi connectivity index (χ2n) is 5.04. The fraction of sp³-hybridized carbons (Fsp3) is 0.500. The van der Waals surface area contributed by atoms with Crippen LogP contribution >= 0.6 is 0 Å². The van der Waals surface area contributed by atoms with Gasteiger partial charge in [-0.3, -0.25) is 4.89 Å². The molecule has 1 unspecified atom stereocenters. The van der Waals surface area contributed by atoms with Gasteiger partial charge in [0.15, 0.2) is 0 Å². The summed E-state index contributed by atoms with van der Waals surface area (Å²) in [6.07, 6.45) is -0.224. The first-order chi connectivity index (χ1) is 9.35. The number of rotatable bonds is 7. The molecule has 6 heteroatoms. The highest BCUT2D eigenvalue weighted by molar-refractivity contribution is 5.92. The molecule has 0 radical (unpaired) electrons. The van der Waals surface area contributed by atoms with E-state index in [9.17, 15) is 9.90 Å². The number of benzene rings is 1. The van der Waals surface area contributed by atoms with Crippen LogP contribution in [-0.2, 0) is 14.8 Å². The van der Waals surface area contributed by atoms with Crippen LogP contribution in [0.4, 0.5) is 0 Å². The summed E-state index contributed by atoms with van der Waals surface area (Å²) < 4.78 is 5.04. The zero-order valence-electron chi connectivity index (χ0n) is 12.1. The van der Waals surface area contributed by atoms with Crippen LogP contribution < -0.4 is 4.74 Å². The van der Waals surface area contributed by atoms with Gasteiger partial charge >= 0.3 is 5.97 Å². The number of methoxy groups -OCH3 is 1. The molecular formula is C14H20O6. The Morgan fingerprint density at radius 3 is 2.60 bits per heavy atom. The highest BCUT2D eigenvalue weighted by atomic mass is 17.5.